The number of amides is 1. The first kappa shape index (κ1) is 20.3. The van der Waals surface area contributed by atoms with E-state index in [0.717, 1.165) is 12.1 Å². The molecule has 0 aliphatic heterocycles. The number of alkyl halides is 3. The normalized spacial score (nSPS) is 14.0. The molecule has 4 aromatic rings. The lowest BCUT2D eigenvalue weighted by molar-refractivity contribution is -0.137. The highest BCUT2D eigenvalue weighted by atomic mass is 19.4. The zero-order valence-electron chi connectivity index (χ0n) is 17.3. The molecule has 162 valence electrons. The number of benzene rings is 2. The molecule has 2 aromatic heterocycles. The molecular formula is C25H20F3N3O. The van der Waals surface area contributed by atoms with Crippen LogP contribution in [0.15, 0.2) is 73.1 Å². The second kappa shape index (κ2) is 7.51. The van der Waals surface area contributed by atoms with E-state index in [1.165, 1.54) is 30.5 Å². The molecule has 0 radical (unpaired) electrons. The Morgan fingerprint density at radius 3 is 2.34 bits per heavy atom. The Bertz CT molecular complexity index is 1290. The van der Waals surface area contributed by atoms with Crippen LogP contribution in [0.1, 0.15) is 40.2 Å². The monoisotopic (exact) mass is 435 g/mol. The molecule has 1 amide bonds. The Hall–Kier alpha value is -3.61. The fraction of sp³-hybridized carbons (Fsp3) is 0.200. The van der Waals surface area contributed by atoms with Crippen LogP contribution in [-0.4, -0.2) is 22.6 Å². The smallest absolute Gasteiger partial charge is 0.311 e. The Morgan fingerprint density at radius 1 is 1.03 bits per heavy atom. The van der Waals surface area contributed by atoms with Gasteiger partial charge in [-0.15, -0.1) is 0 Å². The van der Waals surface area contributed by atoms with Crippen LogP contribution in [0, 0.1) is 0 Å². The summed E-state index contributed by atoms with van der Waals surface area (Å²) in [5.41, 5.74) is 3.86. The molecular weight excluding hydrogens is 415 g/mol. The van der Waals surface area contributed by atoms with Gasteiger partial charge in [-0.3, -0.25) is 4.79 Å². The number of halogens is 3. The van der Waals surface area contributed by atoms with Gasteiger partial charge in [-0.05, 0) is 66.3 Å². The van der Waals surface area contributed by atoms with Crippen molar-refractivity contribution in [3.63, 3.8) is 0 Å². The summed E-state index contributed by atoms with van der Waals surface area (Å²) in [7, 11) is 1.71. The van der Waals surface area contributed by atoms with Gasteiger partial charge >= 0.3 is 6.18 Å². The maximum Gasteiger partial charge on any atom is 0.416 e. The van der Waals surface area contributed by atoms with E-state index in [-0.39, 0.29) is 5.91 Å². The molecule has 1 aliphatic carbocycles. The largest absolute Gasteiger partial charge is 0.416 e. The van der Waals surface area contributed by atoms with Crippen LogP contribution < -0.4 is 4.90 Å². The van der Waals surface area contributed by atoms with Crippen LogP contribution in [0.25, 0.3) is 16.6 Å². The standard InChI is InChI=1S/C25H20F3N3O/c1-30(24(32)19-6-4-17(5-7-19)16-2-3-16)21-12-13-31-23(14-21)22(15-29-31)18-8-10-20(11-9-18)25(26,27)28/h4-16H,2-3H2,1H3. The quantitative estimate of drug-likeness (QED) is 0.384. The predicted octanol–water partition coefficient (Wildman–Crippen LogP) is 6.17. The molecule has 7 heteroatoms. The maximum absolute atomic E-state index is 13.0. The average molecular weight is 435 g/mol. The summed E-state index contributed by atoms with van der Waals surface area (Å²) >= 11 is 0. The molecule has 0 bridgehead atoms. The number of aromatic nitrogens is 2. The van der Waals surface area contributed by atoms with Gasteiger partial charge in [0.1, 0.15) is 0 Å². The maximum atomic E-state index is 13.0. The molecule has 0 N–H and O–H groups in total. The number of anilines is 1. The van der Waals surface area contributed by atoms with Crippen LogP contribution in [0.4, 0.5) is 18.9 Å². The summed E-state index contributed by atoms with van der Waals surface area (Å²) in [6.07, 6.45) is 1.38. The fourth-order valence-electron chi connectivity index (χ4n) is 3.86. The van der Waals surface area contributed by atoms with Gasteiger partial charge in [-0.25, -0.2) is 4.52 Å². The molecule has 0 saturated heterocycles. The third-order valence-corrected chi connectivity index (χ3v) is 5.93. The first-order valence-corrected chi connectivity index (χ1v) is 10.3. The summed E-state index contributed by atoms with van der Waals surface area (Å²) in [5, 5.41) is 4.29. The van der Waals surface area contributed by atoms with Crippen molar-refractivity contribution >= 4 is 17.1 Å². The lowest BCUT2D eigenvalue weighted by atomic mass is 10.0. The third-order valence-electron chi connectivity index (χ3n) is 5.93. The van der Waals surface area contributed by atoms with Crippen molar-refractivity contribution in [3.8, 4) is 11.1 Å². The average Bonchev–Trinajstić information content (AvgIpc) is 3.56. The predicted molar refractivity (Wildman–Crippen MR) is 117 cm³/mol. The van der Waals surface area contributed by atoms with Gasteiger partial charge in [0.15, 0.2) is 0 Å². The zero-order chi connectivity index (χ0) is 22.5. The molecule has 5 rings (SSSR count). The lowest BCUT2D eigenvalue weighted by Gasteiger charge is -2.18. The highest BCUT2D eigenvalue weighted by Crippen LogP contribution is 2.40. The van der Waals surface area contributed by atoms with E-state index in [0.29, 0.717) is 33.8 Å². The van der Waals surface area contributed by atoms with Gasteiger partial charge in [-0.1, -0.05) is 24.3 Å². The van der Waals surface area contributed by atoms with Crippen LogP contribution >= 0.6 is 0 Å². The second-order valence-electron chi connectivity index (χ2n) is 8.11. The number of hydrogen-bond acceptors (Lipinski definition) is 2. The fourth-order valence-corrected chi connectivity index (χ4v) is 3.86. The van der Waals surface area contributed by atoms with Crippen molar-refractivity contribution in [3.05, 3.63) is 89.7 Å². The van der Waals surface area contributed by atoms with E-state index in [1.54, 1.807) is 34.9 Å². The summed E-state index contributed by atoms with van der Waals surface area (Å²) < 4.78 is 40.3. The van der Waals surface area contributed by atoms with Gasteiger partial charge in [0.05, 0.1) is 17.3 Å². The van der Waals surface area contributed by atoms with E-state index < -0.39 is 11.7 Å². The SMILES string of the molecule is CN(C(=O)c1ccc(C2CC2)cc1)c1ccn2ncc(-c3ccc(C(F)(F)F)cc3)c2c1. The summed E-state index contributed by atoms with van der Waals surface area (Å²) in [6, 6.07) is 16.3. The molecule has 2 heterocycles. The van der Waals surface area contributed by atoms with Crippen LogP contribution in [0.2, 0.25) is 0 Å². The number of carbonyl (C=O) groups is 1. The van der Waals surface area contributed by atoms with E-state index >= 15 is 0 Å². The van der Waals surface area contributed by atoms with Gasteiger partial charge in [0.25, 0.3) is 5.91 Å². The minimum absolute atomic E-state index is 0.132. The molecule has 32 heavy (non-hydrogen) atoms. The van der Waals surface area contributed by atoms with Crippen molar-refractivity contribution in [2.75, 3.05) is 11.9 Å². The summed E-state index contributed by atoms with van der Waals surface area (Å²) in [5.74, 6) is 0.497. The number of pyridine rings is 1. The molecule has 4 nitrogen and oxygen atoms in total. The second-order valence-corrected chi connectivity index (χ2v) is 8.11. The molecule has 1 saturated carbocycles. The molecule has 0 unspecified atom stereocenters. The van der Waals surface area contributed by atoms with E-state index in [2.05, 4.69) is 5.10 Å². The molecule has 0 atom stereocenters. The molecule has 1 aliphatic rings. The van der Waals surface area contributed by atoms with E-state index in [9.17, 15) is 18.0 Å². The third kappa shape index (κ3) is 3.75. The van der Waals surface area contributed by atoms with Crippen LogP contribution in [0.3, 0.4) is 0 Å². The van der Waals surface area contributed by atoms with Crippen molar-refractivity contribution in [1.82, 2.24) is 9.61 Å². The van der Waals surface area contributed by atoms with E-state index in [4.69, 9.17) is 0 Å². The molecule has 1 fully saturated rings. The number of hydrogen-bond donors (Lipinski definition) is 0. The van der Waals surface area contributed by atoms with Crippen LogP contribution in [0.5, 0.6) is 0 Å². The Balaban J connectivity index is 1.44. The van der Waals surface area contributed by atoms with Crippen molar-refractivity contribution in [1.29, 1.82) is 0 Å². The highest BCUT2D eigenvalue weighted by Gasteiger charge is 2.30. The lowest BCUT2D eigenvalue weighted by Crippen LogP contribution is -2.26. The first-order chi connectivity index (χ1) is 15.3. The Labute approximate surface area is 182 Å². The van der Waals surface area contributed by atoms with Gasteiger partial charge in [-0.2, -0.15) is 18.3 Å². The van der Waals surface area contributed by atoms with Crippen molar-refractivity contribution in [2.24, 2.45) is 0 Å². The Morgan fingerprint density at radius 2 is 1.72 bits per heavy atom. The molecule has 2 aromatic carbocycles. The van der Waals surface area contributed by atoms with Crippen molar-refractivity contribution < 1.29 is 18.0 Å². The number of nitrogens with zero attached hydrogens (tertiary/aromatic N) is 3. The van der Waals surface area contributed by atoms with Gasteiger partial charge in [0.2, 0.25) is 0 Å². The molecule has 0 spiro atoms. The number of carbonyl (C=O) groups excluding carboxylic acids is 1. The Kier molecular flexibility index (Phi) is 4.77. The summed E-state index contributed by atoms with van der Waals surface area (Å²) in [4.78, 5) is 14.6. The first-order valence-electron chi connectivity index (χ1n) is 10.3. The number of rotatable bonds is 4. The minimum atomic E-state index is -4.38. The number of fused-ring (bicyclic) bond motifs is 1. The van der Waals surface area contributed by atoms with Gasteiger partial charge < -0.3 is 4.90 Å². The summed E-state index contributed by atoms with van der Waals surface area (Å²) in [6.45, 7) is 0. The van der Waals surface area contributed by atoms with Crippen molar-refractivity contribution in [2.45, 2.75) is 24.9 Å². The highest BCUT2D eigenvalue weighted by molar-refractivity contribution is 6.06. The zero-order valence-corrected chi connectivity index (χ0v) is 17.3. The minimum Gasteiger partial charge on any atom is -0.311 e. The van der Waals surface area contributed by atoms with Crippen LogP contribution in [-0.2, 0) is 6.18 Å². The topological polar surface area (TPSA) is 37.6 Å². The van der Waals surface area contributed by atoms with E-state index in [1.807, 2.05) is 30.3 Å². The van der Waals surface area contributed by atoms with Gasteiger partial charge in [0, 0.05) is 30.1 Å².